The molecule has 2 aliphatic heterocycles. The molecule has 0 saturated carbocycles. The molecule has 1 spiro atoms. The van der Waals surface area contributed by atoms with E-state index in [-0.39, 0.29) is 10.9 Å². The third-order valence-electron chi connectivity index (χ3n) is 5.70. The summed E-state index contributed by atoms with van der Waals surface area (Å²) in [6.45, 7) is 1.58. The van der Waals surface area contributed by atoms with Crippen LogP contribution in [0.4, 0.5) is 10.5 Å². The molecule has 0 atom stereocenters. The number of hydrogen-bond acceptors (Lipinski definition) is 4. The molecule has 2 aromatic carbocycles. The van der Waals surface area contributed by atoms with E-state index in [1.807, 2.05) is 30.3 Å². The highest BCUT2D eigenvalue weighted by atomic mass is 32.2. The number of piperidine rings is 1. The lowest BCUT2D eigenvalue weighted by atomic mass is 10.0. The second-order valence-corrected chi connectivity index (χ2v) is 9.21. The zero-order valence-corrected chi connectivity index (χ0v) is 17.2. The van der Waals surface area contributed by atoms with Gasteiger partial charge in [-0.1, -0.05) is 36.4 Å². The van der Waals surface area contributed by atoms with Crippen LogP contribution in [0, 0.1) is 0 Å². The van der Waals surface area contributed by atoms with Gasteiger partial charge in [0.2, 0.25) is 10.0 Å². The lowest BCUT2D eigenvalue weighted by Crippen LogP contribution is -2.57. The summed E-state index contributed by atoms with van der Waals surface area (Å²) in [5.74, 6) is 0. The van der Waals surface area contributed by atoms with Crippen molar-refractivity contribution in [3.63, 3.8) is 0 Å². The van der Waals surface area contributed by atoms with E-state index in [1.165, 1.54) is 4.31 Å². The molecule has 0 N–H and O–H groups in total. The van der Waals surface area contributed by atoms with Crippen molar-refractivity contribution >= 4 is 21.7 Å². The van der Waals surface area contributed by atoms with Gasteiger partial charge in [0.15, 0.2) is 0 Å². The van der Waals surface area contributed by atoms with Gasteiger partial charge in [0.1, 0.15) is 5.72 Å². The van der Waals surface area contributed by atoms with Gasteiger partial charge in [0.25, 0.3) is 0 Å². The molecule has 4 rings (SSSR count). The average Bonchev–Trinajstić information content (AvgIpc) is 3.18. The van der Waals surface area contributed by atoms with Gasteiger partial charge in [-0.25, -0.2) is 13.2 Å². The molecule has 2 fully saturated rings. The molecule has 0 unspecified atom stereocenters. The van der Waals surface area contributed by atoms with E-state index in [9.17, 15) is 13.2 Å². The standard InChI is InChI=1S/C21H25N3O4S/c1-22(18-8-4-2-5-9-18)20(25)23-14-12-21(13-15-23)24(16-17-28-21)29(26,27)19-10-6-3-7-11-19/h2-11H,12-17H2,1H3. The fourth-order valence-electron chi connectivity index (χ4n) is 4.07. The molecule has 2 heterocycles. The Labute approximate surface area is 171 Å². The quantitative estimate of drug-likeness (QED) is 0.773. The molecule has 8 heteroatoms. The van der Waals surface area contributed by atoms with Crippen molar-refractivity contribution < 1.29 is 17.9 Å². The normalized spacial score (nSPS) is 19.4. The highest BCUT2D eigenvalue weighted by molar-refractivity contribution is 7.89. The van der Waals surface area contributed by atoms with E-state index < -0.39 is 15.7 Å². The molecular weight excluding hydrogens is 390 g/mol. The predicted octanol–water partition coefficient (Wildman–Crippen LogP) is 2.76. The maximum absolute atomic E-state index is 13.2. The van der Waals surface area contributed by atoms with Gasteiger partial charge in [0.05, 0.1) is 11.5 Å². The maximum atomic E-state index is 13.2. The fourth-order valence-corrected chi connectivity index (χ4v) is 5.81. The summed E-state index contributed by atoms with van der Waals surface area (Å²) in [7, 11) is -1.90. The summed E-state index contributed by atoms with van der Waals surface area (Å²) in [6.07, 6.45) is 0.904. The third-order valence-corrected chi connectivity index (χ3v) is 7.66. The Balaban J connectivity index is 1.48. The Morgan fingerprint density at radius 2 is 1.55 bits per heavy atom. The zero-order chi connectivity index (χ0) is 20.5. The van der Waals surface area contributed by atoms with Gasteiger partial charge in [-0.2, -0.15) is 4.31 Å². The number of sulfonamides is 1. The molecule has 2 saturated heterocycles. The summed E-state index contributed by atoms with van der Waals surface area (Å²) in [5, 5.41) is 0. The molecule has 29 heavy (non-hydrogen) atoms. The van der Waals surface area contributed by atoms with E-state index in [1.54, 1.807) is 47.2 Å². The first-order chi connectivity index (χ1) is 13.9. The fraction of sp³-hybridized carbons (Fsp3) is 0.381. The first-order valence-electron chi connectivity index (χ1n) is 9.74. The van der Waals surface area contributed by atoms with Crippen molar-refractivity contribution in [1.82, 2.24) is 9.21 Å². The van der Waals surface area contributed by atoms with Crippen LogP contribution in [0.2, 0.25) is 0 Å². The number of ether oxygens (including phenoxy) is 1. The van der Waals surface area contributed by atoms with Crippen LogP contribution in [0.1, 0.15) is 12.8 Å². The summed E-state index contributed by atoms with van der Waals surface area (Å²) in [6, 6.07) is 17.8. The van der Waals surface area contributed by atoms with Crippen molar-refractivity contribution in [2.45, 2.75) is 23.5 Å². The number of carbonyl (C=O) groups excluding carboxylic acids is 1. The minimum absolute atomic E-state index is 0.0958. The van der Waals surface area contributed by atoms with Crippen LogP contribution < -0.4 is 4.90 Å². The minimum atomic E-state index is -3.65. The van der Waals surface area contributed by atoms with E-state index in [0.29, 0.717) is 39.1 Å². The first kappa shape index (κ1) is 19.9. The Morgan fingerprint density at radius 1 is 0.966 bits per heavy atom. The molecule has 0 aliphatic carbocycles. The smallest absolute Gasteiger partial charge is 0.324 e. The number of carbonyl (C=O) groups is 1. The lowest BCUT2D eigenvalue weighted by molar-refractivity contribution is -0.0842. The highest BCUT2D eigenvalue weighted by Crippen LogP contribution is 2.38. The molecule has 2 aromatic rings. The second-order valence-electron chi connectivity index (χ2n) is 7.35. The average molecular weight is 416 g/mol. The van der Waals surface area contributed by atoms with Crippen LogP contribution in [0.15, 0.2) is 65.6 Å². The van der Waals surface area contributed by atoms with E-state index >= 15 is 0 Å². The number of anilines is 1. The number of amides is 2. The molecule has 0 bridgehead atoms. The van der Waals surface area contributed by atoms with Crippen LogP contribution in [-0.4, -0.2) is 62.7 Å². The van der Waals surface area contributed by atoms with Crippen molar-refractivity contribution in [3.05, 3.63) is 60.7 Å². The molecule has 154 valence electrons. The Kier molecular flexibility index (Phi) is 5.33. The summed E-state index contributed by atoms with van der Waals surface area (Å²) in [4.78, 5) is 16.5. The van der Waals surface area contributed by atoms with Crippen molar-refractivity contribution in [1.29, 1.82) is 0 Å². The minimum Gasteiger partial charge on any atom is -0.358 e. The topological polar surface area (TPSA) is 70.2 Å². The van der Waals surface area contributed by atoms with E-state index in [4.69, 9.17) is 4.74 Å². The number of rotatable bonds is 3. The van der Waals surface area contributed by atoms with Crippen molar-refractivity contribution in [3.8, 4) is 0 Å². The predicted molar refractivity (Wildman–Crippen MR) is 110 cm³/mol. The Bertz CT molecular complexity index is 958. The first-order valence-corrected chi connectivity index (χ1v) is 11.2. The van der Waals surface area contributed by atoms with E-state index in [2.05, 4.69) is 0 Å². The number of hydrogen-bond donors (Lipinski definition) is 0. The van der Waals surface area contributed by atoms with Crippen LogP contribution in [0.25, 0.3) is 0 Å². The van der Waals surface area contributed by atoms with E-state index in [0.717, 1.165) is 5.69 Å². The summed E-state index contributed by atoms with van der Waals surface area (Å²) < 4.78 is 33.8. The third kappa shape index (κ3) is 3.63. The molecule has 7 nitrogen and oxygen atoms in total. The van der Waals surface area contributed by atoms with Gasteiger partial charge >= 0.3 is 6.03 Å². The van der Waals surface area contributed by atoms with Crippen molar-refractivity contribution in [2.24, 2.45) is 0 Å². The maximum Gasteiger partial charge on any atom is 0.324 e. The zero-order valence-electron chi connectivity index (χ0n) is 16.4. The summed E-state index contributed by atoms with van der Waals surface area (Å²) >= 11 is 0. The molecule has 0 aromatic heterocycles. The van der Waals surface area contributed by atoms with Crippen LogP contribution >= 0.6 is 0 Å². The highest BCUT2D eigenvalue weighted by Gasteiger charge is 2.51. The molecular formula is C21H25N3O4S. The van der Waals surface area contributed by atoms with Gasteiger partial charge in [0, 0.05) is 45.2 Å². The van der Waals surface area contributed by atoms with Crippen LogP contribution in [0.3, 0.4) is 0 Å². The summed E-state index contributed by atoms with van der Waals surface area (Å²) in [5.41, 5.74) is -0.0558. The molecule has 0 radical (unpaired) electrons. The second kappa shape index (κ2) is 7.78. The van der Waals surface area contributed by atoms with Gasteiger partial charge in [-0.15, -0.1) is 0 Å². The monoisotopic (exact) mass is 415 g/mol. The number of benzene rings is 2. The van der Waals surface area contributed by atoms with Crippen LogP contribution in [0.5, 0.6) is 0 Å². The number of para-hydroxylation sites is 1. The van der Waals surface area contributed by atoms with Gasteiger partial charge in [-0.3, -0.25) is 4.90 Å². The van der Waals surface area contributed by atoms with Gasteiger partial charge in [-0.05, 0) is 24.3 Å². The lowest BCUT2D eigenvalue weighted by Gasteiger charge is -2.43. The van der Waals surface area contributed by atoms with Crippen LogP contribution in [-0.2, 0) is 14.8 Å². The molecule has 2 aliphatic rings. The Morgan fingerprint density at radius 3 is 2.17 bits per heavy atom. The Hall–Kier alpha value is -2.42. The number of urea groups is 1. The van der Waals surface area contributed by atoms with Crippen molar-refractivity contribution in [2.75, 3.05) is 38.2 Å². The van der Waals surface area contributed by atoms with Gasteiger partial charge < -0.3 is 9.64 Å². The SMILES string of the molecule is CN(C(=O)N1CCC2(CC1)OCCN2S(=O)(=O)c1ccccc1)c1ccccc1. The number of likely N-dealkylation sites (tertiary alicyclic amines) is 1. The number of nitrogens with zero attached hydrogens (tertiary/aromatic N) is 3. The molecule has 2 amide bonds. The largest absolute Gasteiger partial charge is 0.358 e.